The third-order valence-electron chi connectivity index (χ3n) is 13.3. The molecule has 13 nitrogen and oxygen atoms in total. The topological polar surface area (TPSA) is 201 Å². The van der Waals surface area contributed by atoms with E-state index in [1.54, 1.807) is 42.0 Å². The Hall–Kier alpha value is -2.05. The molecule has 3 aliphatic carbocycles. The fraction of sp³-hybridized carbons (Fsp3) is 0.738. The van der Waals surface area contributed by atoms with Gasteiger partial charge in [-0.3, -0.25) is 4.79 Å². The van der Waals surface area contributed by atoms with Crippen LogP contribution in [0.15, 0.2) is 35.0 Å². The van der Waals surface area contributed by atoms with Crippen molar-refractivity contribution < 1.29 is 58.8 Å². The lowest BCUT2D eigenvalue weighted by Gasteiger charge is -2.66. The number of furan rings is 1. The Morgan fingerprint density at radius 1 is 1.11 bits per heavy atom. The van der Waals surface area contributed by atoms with E-state index in [1.165, 1.54) is 17.1 Å². The first-order valence-electron chi connectivity index (χ1n) is 20.8. The van der Waals surface area contributed by atoms with Gasteiger partial charge < -0.3 is 59.3 Å². The molecule has 7 rings (SSSR count). The van der Waals surface area contributed by atoms with Crippen molar-refractivity contribution in [2.24, 2.45) is 23.7 Å². The smallest absolute Gasteiger partial charge is 0.306 e. The van der Waals surface area contributed by atoms with Gasteiger partial charge >= 0.3 is 5.97 Å². The number of benzene rings is 1. The van der Waals surface area contributed by atoms with Crippen LogP contribution in [0.2, 0.25) is 0 Å². The van der Waals surface area contributed by atoms with Gasteiger partial charge in [0, 0.05) is 53.3 Å². The van der Waals surface area contributed by atoms with E-state index < -0.39 is 72.2 Å². The second kappa shape index (κ2) is 17.5. The Morgan fingerprint density at radius 2 is 1.89 bits per heavy atom. The van der Waals surface area contributed by atoms with Crippen LogP contribution < -0.4 is 14.8 Å². The van der Waals surface area contributed by atoms with Crippen molar-refractivity contribution >= 4 is 38.5 Å². The molecule has 0 radical (unpaired) electrons. The molecule has 3 heterocycles. The largest absolute Gasteiger partial charge is 0.485 e. The van der Waals surface area contributed by atoms with E-state index in [0.29, 0.717) is 29.0 Å². The number of hydrogen-bond acceptors (Lipinski definition) is 15. The highest BCUT2D eigenvalue weighted by Crippen LogP contribution is 2.61. The fourth-order valence-corrected chi connectivity index (χ4v) is 14.2. The molecule has 15 heteroatoms. The number of ether oxygens (including phenoxy) is 4. The number of allylic oxidation sites excluding steroid dienone is 1. The summed E-state index contributed by atoms with van der Waals surface area (Å²) in [6.45, 7) is 5.87. The van der Waals surface area contributed by atoms with Gasteiger partial charge in [-0.1, -0.05) is 66.8 Å². The number of fused-ring (bicyclic) bond motifs is 11. The van der Waals surface area contributed by atoms with E-state index in [1.807, 2.05) is 0 Å². The van der Waals surface area contributed by atoms with Gasteiger partial charge in [-0.15, -0.1) is 0 Å². The zero-order valence-electron chi connectivity index (χ0n) is 33.3. The summed E-state index contributed by atoms with van der Waals surface area (Å²) >= 11 is 0. The third-order valence-corrected chi connectivity index (χ3v) is 16.8. The van der Waals surface area contributed by atoms with Crippen molar-refractivity contribution in [2.75, 3.05) is 38.7 Å². The molecule has 5 aliphatic rings. The predicted octanol–water partition coefficient (Wildman–Crippen LogP) is 4.26. The second-order valence-corrected chi connectivity index (χ2v) is 19.9. The molecule has 7 N–H and O–H groups in total. The van der Waals surface area contributed by atoms with Crippen molar-refractivity contribution in [3.63, 3.8) is 0 Å². The summed E-state index contributed by atoms with van der Waals surface area (Å²) in [4.78, 5) is 12.7. The van der Waals surface area contributed by atoms with Gasteiger partial charge in [0.2, 0.25) is 12.0 Å². The Bertz CT molecular complexity index is 1730. The first-order valence-corrected chi connectivity index (χ1v) is 23.1. The van der Waals surface area contributed by atoms with Crippen LogP contribution in [0.5, 0.6) is 11.5 Å². The van der Waals surface area contributed by atoms with Crippen LogP contribution in [0.3, 0.4) is 0 Å². The molecule has 0 amide bonds. The SMILES string of the molecule is CCOC(=O)CCc1cc2ccoc2c2c1O[C@H]1O[C@@](CO)(CSSC3(CCCCC3)[C@H](CCC(C)C)NCCO2)[C@]2(O)C[C@@H]3C=C[C@@H](O)[C@H](CO)[C@H]3[C@]1(O)[C@H]2O. The van der Waals surface area contributed by atoms with Gasteiger partial charge in [-0.05, 0) is 75.0 Å². The average molecular weight is 836 g/mol. The first kappa shape index (κ1) is 43.1. The minimum Gasteiger partial charge on any atom is -0.485 e. The molecular formula is C42H61NO12S2. The number of nitrogens with one attached hydrogen (secondary N) is 1. The molecule has 1 aromatic carbocycles. The maximum atomic E-state index is 13.1. The van der Waals surface area contributed by atoms with E-state index in [-0.39, 0.29) is 60.5 Å². The third kappa shape index (κ3) is 7.76. The van der Waals surface area contributed by atoms with Crippen molar-refractivity contribution in [1.82, 2.24) is 5.32 Å². The molecule has 1 aromatic heterocycles. The summed E-state index contributed by atoms with van der Waals surface area (Å²) in [5.41, 5.74) is -5.58. The fourth-order valence-electron chi connectivity index (χ4n) is 10.3. The Morgan fingerprint density at radius 3 is 2.61 bits per heavy atom. The molecule has 10 atom stereocenters. The summed E-state index contributed by atoms with van der Waals surface area (Å²) in [6.07, 6.45) is 7.13. The minimum atomic E-state index is -2.43. The Labute approximate surface area is 342 Å². The zero-order chi connectivity index (χ0) is 40.6. The number of carbonyl (C=O) groups is 1. The normalized spacial score (nSPS) is 36.7. The lowest BCUT2D eigenvalue weighted by Crippen LogP contribution is -2.85. The van der Waals surface area contributed by atoms with Crippen LogP contribution in [0.1, 0.15) is 84.1 Å². The van der Waals surface area contributed by atoms with Crippen LogP contribution >= 0.6 is 21.6 Å². The van der Waals surface area contributed by atoms with E-state index in [4.69, 9.17) is 23.4 Å². The Kier molecular flexibility index (Phi) is 13.2. The number of aryl methyl sites for hydroxylation is 1. The molecule has 2 aromatic rings. The summed E-state index contributed by atoms with van der Waals surface area (Å²) in [7, 11) is 3.24. The molecular weight excluding hydrogens is 775 g/mol. The standard InChI is InChI=1S/C42H61NO12S2/c1-4-51-32(47)13-10-26-20-27-14-18-52-34(27)36-35(26)54-38-42(50)33-28(9-11-30(46)29(33)22-44)21-41(49,37(42)48)40(23-45,55-38)24-56-57-39(15-6-5-7-16-39)31(12-8-25(2)3)43-17-19-53-36/h9,11,14,18,20,25,28-31,33,37-38,43-46,48-50H,4-8,10,12-13,15-17,19,21-24H2,1-3H3/t28-,29-,30+,31-,33-,37-,38-,40-,41-,42-/m0/s1. The van der Waals surface area contributed by atoms with Crippen LogP contribution in [0.4, 0.5) is 0 Å². The molecule has 1 spiro atoms. The summed E-state index contributed by atoms with van der Waals surface area (Å²) in [6, 6.07) is 3.71. The highest BCUT2D eigenvalue weighted by molar-refractivity contribution is 8.77. The van der Waals surface area contributed by atoms with Gasteiger partial charge in [-0.2, -0.15) is 0 Å². The van der Waals surface area contributed by atoms with E-state index >= 15 is 0 Å². The minimum absolute atomic E-state index is 0.00491. The molecule has 4 bridgehead atoms. The van der Waals surface area contributed by atoms with Crippen molar-refractivity contribution in [3.05, 3.63) is 36.1 Å². The maximum absolute atomic E-state index is 13.1. The molecule has 3 fully saturated rings. The van der Waals surface area contributed by atoms with E-state index in [2.05, 4.69) is 19.2 Å². The number of carbonyl (C=O) groups excluding carboxylic acids is 1. The van der Waals surface area contributed by atoms with Crippen molar-refractivity contribution in [2.45, 2.75) is 131 Å². The van der Waals surface area contributed by atoms with Crippen molar-refractivity contribution in [1.29, 1.82) is 0 Å². The van der Waals surface area contributed by atoms with Crippen LogP contribution in [-0.2, 0) is 20.7 Å². The van der Waals surface area contributed by atoms with Gasteiger partial charge in [0.05, 0.1) is 25.6 Å². The lowest BCUT2D eigenvalue weighted by atomic mass is 9.51. The molecule has 2 saturated carbocycles. The highest BCUT2D eigenvalue weighted by atomic mass is 33.1. The molecule has 2 aliphatic heterocycles. The maximum Gasteiger partial charge on any atom is 0.306 e. The van der Waals surface area contributed by atoms with E-state index in [0.717, 1.165) is 44.9 Å². The first-order chi connectivity index (χ1) is 27.4. The monoisotopic (exact) mass is 835 g/mol. The summed E-state index contributed by atoms with van der Waals surface area (Å²) in [5.74, 6) is -2.23. The van der Waals surface area contributed by atoms with Crippen LogP contribution in [0, 0.1) is 23.7 Å². The van der Waals surface area contributed by atoms with Gasteiger partial charge in [0.1, 0.15) is 23.9 Å². The molecule has 57 heavy (non-hydrogen) atoms. The van der Waals surface area contributed by atoms with Gasteiger partial charge in [-0.25, -0.2) is 0 Å². The number of aliphatic hydroxyl groups excluding tert-OH is 4. The highest BCUT2D eigenvalue weighted by Gasteiger charge is 2.76. The lowest BCUT2D eigenvalue weighted by molar-refractivity contribution is -0.416. The number of aliphatic hydroxyl groups is 6. The van der Waals surface area contributed by atoms with Gasteiger partial charge in [0.15, 0.2) is 16.9 Å². The number of hydrogen-bond donors (Lipinski definition) is 7. The van der Waals surface area contributed by atoms with Crippen LogP contribution in [-0.4, -0.2) is 121 Å². The zero-order valence-corrected chi connectivity index (χ0v) is 34.9. The number of rotatable bonds is 9. The van der Waals surface area contributed by atoms with E-state index in [9.17, 15) is 35.4 Å². The summed E-state index contributed by atoms with van der Waals surface area (Å²) in [5, 5.41) is 76.1. The van der Waals surface area contributed by atoms with Crippen molar-refractivity contribution in [3.8, 4) is 11.5 Å². The average Bonchev–Trinajstić information content (AvgIpc) is 3.66. The molecule has 318 valence electrons. The summed E-state index contributed by atoms with van der Waals surface area (Å²) < 4.78 is 31.3. The Balaban J connectivity index is 1.40. The van der Waals surface area contributed by atoms with Crippen LogP contribution in [0.25, 0.3) is 11.0 Å². The predicted molar refractivity (Wildman–Crippen MR) is 217 cm³/mol. The number of esters is 1. The molecule has 0 unspecified atom stereocenters. The quantitative estimate of drug-likeness (QED) is 0.107. The van der Waals surface area contributed by atoms with Gasteiger partial charge in [0.25, 0.3) is 0 Å². The second-order valence-electron chi connectivity index (χ2n) is 17.2. The molecule has 1 saturated heterocycles.